The molecule has 3 nitrogen and oxygen atoms in total. The fourth-order valence-electron chi connectivity index (χ4n) is 2.85. The third-order valence-electron chi connectivity index (χ3n) is 3.75. The second-order valence-electron chi connectivity index (χ2n) is 5.60. The maximum Gasteiger partial charge on any atom is 0.222 e. The Morgan fingerprint density at radius 1 is 1.28 bits per heavy atom. The first-order valence-electron chi connectivity index (χ1n) is 7.72. The molecule has 0 radical (unpaired) electrons. The van der Waals surface area contributed by atoms with E-state index in [1.165, 1.54) is 25.7 Å². The summed E-state index contributed by atoms with van der Waals surface area (Å²) in [6.45, 7) is 9.56. The lowest BCUT2D eigenvalue weighted by molar-refractivity contribution is -0.128. The first-order valence-corrected chi connectivity index (χ1v) is 7.72. The van der Waals surface area contributed by atoms with Gasteiger partial charge in [0, 0.05) is 25.6 Å². The van der Waals surface area contributed by atoms with Gasteiger partial charge in [-0.2, -0.15) is 0 Å². The van der Waals surface area contributed by atoms with E-state index in [2.05, 4.69) is 31.0 Å². The number of hydrogen-bond acceptors (Lipinski definition) is 2. The molecule has 0 aromatic heterocycles. The van der Waals surface area contributed by atoms with Crippen LogP contribution in [-0.2, 0) is 4.79 Å². The van der Waals surface area contributed by atoms with Crippen LogP contribution in [0.15, 0.2) is 0 Å². The van der Waals surface area contributed by atoms with Gasteiger partial charge in [-0.3, -0.25) is 4.79 Å². The third kappa shape index (κ3) is 4.97. The Morgan fingerprint density at radius 2 is 2.06 bits per heavy atom. The zero-order valence-electron chi connectivity index (χ0n) is 12.4. The van der Waals surface area contributed by atoms with Gasteiger partial charge < -0.3 is 10.2 Å². The van der Waals surface area contributed by atoms with E-state index in [4.69, 9.17) is 0 Å². The Morgan fingerprint density at radius 3 is 2.67 bits per heavy atom. The van der Waals surface area contributed by atoms with Crippen LogP contribution in [0.4, 0.5) is 0 Å². The Labute approximate surface area is 112 Å². The highest BCUT2D eigenvalue weighted by Crippen LogP contribution is 2.22. The summed E-state index contributed by atoms with van der Waals surface area (Å²) in [5.41, 5.74) is 0. The van der Waals surface area contributed by atoms with Gasteiger partial charge in [0.25, 0.3) is 0 Å². The quantitative estimate of drug-likeness (QED) is 0.686. The summed E-state index contributed by atoms with van der Waals surface area (Å²) in [4.78, 5) is 14.1. The summed E-state index contributed by atoms with van der Waals surface area (Å²) in [6.07, 6.45) is 6.68. The molecule has 1 heterocycles. The summed E-state index contributed by atoms with van der Waals surface area (Å²) < 4.78 is 0. The lowest BCUT2D eigenvalue weighted by Crippen LogP contribution is -2.42. The lowest BCUT2D eigenvalue weighted by Gasteiger charge is -2.25. The fourth-order valence-corrected chi connectivity index (χ4v) is 2.85. The van der Waals surface area contributed by atoms with Crippen LogP contribution >= 0.6 is 0 Å². The molecule has 0 saturated carbocycles. The molecular formula is C15H30N2O. The highest BCUT2D eigenvalue weighted by Gasteiger charge is 2.29. The smallest absolute Gasteiger partial charge is 0.222 e. The molecule has 1 N–H and O–H groups in total. The largest absolute Gasteiger partial charge is 0.341 e. The fraction of sp³-hybridized carbons (Fsp3) is 0.933. The zero-order chi connectivity index (χ0) is 13.4. The van der Waals surface area contributed by atoms with Crippen molar-refractivity contribution in [2.45, 2.75) is 65.3 Å². The number of rotatable bonds is 9. The Bertz CT molecular complexity index is 243. The molecule has 1 saturated heterocycles. The van der Waals surface area contributed by atoms with Crippen molar-refractivity contribution < 1.29 is 4.79 Å². The van der Waals surface area contributed by atoms with Gasteiger partial charge in [0.1, 0.15) is 0 Å². The van der Waals surface area contributed by atoms with Gasteiger partial charge in [-0.15, -0.1) is 0 Å². The standard InChI is InChI=1S/C15H30N2O/c1-4-7-13-10-15(18)17(11-13)12-14(8-5-2)16-9-6-3/h13-14,16H,4-12H2,1-3H3. The number of amides is 1. The number of carbonyl (C=O) groups is 1. The number of nitrogens with zero attached hydrogens (tertiary/aromatic N) is 1. The topological polar surface area (TPSA) is 32.3 Å². The van der Waals surface area contributed by atoms with Crippen LogP contribution in [0.3, 0.4) is 0 Å². The molecule has 1 rings (SSSR count). The third-order valence-corrected chi connectivity index (χ3v) is 3.75. The highest BCUT2D eigenvalue weighted by atomic mass is 16.2. The minimum absolute atomic E-state index is 0.368. The van der Waals surface area contributed by atoms with E-state index in [1.807, 2.05) is 0 Å². The van der Waals surface area contributed by atoms with E-state index in [0.29, 0.717) is 17.9 Å². The van der Waals surface area contributed by atoms with Crippen molar-refractivity contribution in [1.29, 1.82) is 0 Å². The van der Waals surface area contributed by atoms with Crippen molar-refractivity contribution in [2.24, 2.45) is 5.92 Å². The molecule has 106 valence electrons. The molecule has 1 fully saturated rings. The minimum atomic E-state index is 0.368. The van der Waals surface area contributed by atoms with Crippen molar-refractivity contribution in [3.63, 3.8) is 0 Å². The Hall–Kier alpha value is -0.570. The first-order chi connectivity index (χ1) is 8.71. The van der Waals surface area contributed by atoms with Crippen molar-refractivity contribution >= 4 is 5.91 Å². The van der Waals surface area contributed by atoms with Crippen LogP contribution in [0.1, 0.15) is 59.3 Å². The van der Waals surface area contributed by atoms with Crippen molar-refractivity contribution in [2.75, 3.05) is 19.6 Å². The summed E-state index contributed by atoms with van der Waals surface area (Å²) in [7, 11) is 0. The number of likely N-dealkylation sites (tertiary alicyclic amines) is 1. The van der Waals surface area contributed by atoms with Crippen molar-refractivity contribution in [1.82, 2.24) is 10.2 Å². The SMILES string of the molecule is CCCNC(CCC)CN1CC(CCC)CC1=O. The average molecular weight is 254 g/mol. The average Bonchev–Trinajstić information content (AvgIpc) is 2.67. The van der Waals surface area contributed by atoms with Crippen molar-refractivity contribution in [3.8, 4) is 0 Å². The number of carbonyl (C=O) groups excluding carboxylic acids is 1. The molecule has 2 atom stereocenters. The first kappa shape index (κ1) is 15.5. The van der Waals surface area contributed by atoms with Crippen LogP contribution < -0.4 is 5.32 Å². The molecule has 3 heteroatoms. The van der Waals surface area contributed by atoms with Gasteiger partial charge in [-0.05, 0) is 31.7 Å². The van der Waals surface area contributed by atoms with Gasteiger partial charge in [0.05, 0.1) is 0 Å². The second-order valence-corrected chi connectivity index (χ2v) is 5.60. The lowest BCUT2D eigenvalue weighted by atomic mass is 10.0. The minimum Gasteiger partial charge on any atom is -0.341 e. The Kier molecular flexibility index (Phi) is 7.33. The molecule has 0 spiro atoms. The molecule has 0 aliphatic carbocycles. The van der Waals surface area contributed by atoms with Gasteiger partial charge in [0.15, 0.2) is 0 Å². The molecular weight excluding hydrogens is 224 g/mol. The van der Waals surface area contributed by atoms with Crippen LogP contribution in [0.5, 0.6) is 0 Å². The summed E-state index contributed by atoms with van der Waals surface area (Å²) in [6, 6.07) is 0.485. The number of hydrogen-bond donors (Lipinski definition) is 1. The summed E-state index contributed by atoms with van der Waals surface area (Å²) >= 11 is 0. The summed E-state index contributed by atoms with van der Waals surface area (Å²) in [5, 5.41) is 3.57. The summed E-state index contributed by atoms with van der Waals surface area (Å²) in [5.74, 6) is 0.976. The molecule has 1 aliphatic heterocycles. The van der Waals surface area contributed by atoms with E-state index < -0.39 is 0 Å². The maximum absolute atomic E-state index is 12.0. The normalized spacial score (nSPS) is 21.6. The van der Waals surface area contributed by atoms with Crippen LogP contribution in [0.2, 0.25) is 0 Å². The zero-order valence-corrected chi connectivity index (χ0v) is 12.4. The van der Waals surface area contributed by atoms with Gasteiger partial charge >= 0.3 is 0 Å². The molecule has 1 aliphatic rings. The molecule has 1 amide bonds. The molecule has 2 unspecified atom stereocenters. The van der Waals surface area contributed by atoms with Crippen LogP contribution in [0, 0.1) is 5.92 Å². The predicted octanol–water partition coefficient (Wildman–Crippen LogP) is 2.80. The molecule has 0 aromatic rings. The van der Waals surface area contributed by atoms with Gasteiger partial charge in [0.2, 0.25) is 5.91 Å². The van der Waals surface area contributed by atoms with Crippen LogP contribution in [0.25, 0.3) is 0 Å². The Balaban J connectivity index is 2.40. The van der Waals surface area contributed by atoms with E-state index in [9.17, 15) is 4.79 Å². The van der Waals surface area contributed by atoms with E-state index in [1.54, 1.807) is 0 Å². The molecule has 0 bridgehead atoms. The molecule has 18 heavy (non-hydrogen) atoms. The number of nitrogens with one attached hydrogen (secondary N) is 1. The van der Waals surface area contributed by atoms with Crippen molar-refractivity contribution in [3.05, 3.63) is 0 Å². The van der Waals surface area contributed by atoms with E-state index in [-0.39, 0.29) is 0 Å². The predicted molar refractivity (Wildman–Crippen MR) is 76.6 cm³/mol. The molecule has 0 aromatic carbocycles. The van der Waals surface area contributed by atoms with E-state index in [0.717, 1.165) is 32.5 Å². The second kappa shape index (κ2) is 8.52. The van der Waals surface area contributed by atoms with E-state index >= 15 is 0 Å². The highest BCUT2D eigenvalue weighted by molar-refractivity contribution is 5.78. The van der Waals surface area contributed by atoms with Gasteiger partial charge in [-0.1, -0.05) is 33.6 Å². The van der Waals surface area contributed by atoms with Crippen LogP contribution in [-0.4, -0.2) is 36.5 Å². The monoisotopic (exact) mass is 254 g/mol. The maximum atomic E-state index is 12.0. The van der Waals surface area contributed by atoms with Gasteiger partial charge in [-0.25, -0.2) is 0 Å².